The fourth-order valence-electron chi connectivity index (χ4n) is 3.27. The highest BCUT2D eigenvalue weighted by Gasteiger charge is 2.21. The molecule has 2 heterocycles. The van der Waals surface area contributed by atoms with Gasteiger partial charge in [-0.15, -0.1) is 0 Å². The summed E-state index contributed by atoms with van der Waals surface area (Å²) in [5.41, 5.74) is 2.70. The molecule has 2 unspecified atom stereocenters. The van der Waals surface area contributed by atoms with E-state index in [2.05, 4.69) is 41.4 Å². The van der Waals surface area contributed by atoms with Crippen LogP contribution in [0.4, 0.5) is 5.69 Å². The number of anilines is 1. The molecule has 0 aromatic heterocycles. The maximum absolute atomic E-state index is 5.88. The molecule has 0 amide bonds. The average Bonchev–Trinajstić information content (AvgIpc) is 3.10. The Morgan fingerprint density at radius 1 is 1.20 bits per heavy atom. The normalized spacial score (nSPS) is 27.1. The Balaban J connectivity index is 1.57. The van der Waals surface area contributed by atoms with Crippen LogP contribution in [0.25, 0.3) is 0 Å². The first-order valence-electron chi connectivity index (χ1n) is 8.01. The van der Waals surface area contributed by atoms with Gasteiger partial charge in [-0.3, -0.25) is 4.90 Å². The first kappa shape index (κ1) is 13.9. The zero-order valence-corrected chi connectivity index (χ0v) is 12.5. The molecule has 1 aromatic rings. The van der Waals surface area contributed by atoms with Crippen LogP contribution in [-0.4, -0.2) is 36.7 Å². The van der Waals surface area contributed by atoms with Crippen molar-refractivity contribution in [2.24, 2.45) is 0 Å². The third kappa shape index (κ3) is 3.53. The molecular weight excluding hydrogens is 248 g/mol. The van der Waals surface area contributed by atoms with Crippen molar-refractivity contribution in [3.05, 3.63) is 29.8 Å². The van der Waals surface area contributed by atoms with Gasteiger partial charge in [0, 0.05) is 18.8 Å². The van der Waals surface area contributed by atoms with Crippen LogP contribution in [0.5, 0.6) is 0 Å². The second-order valence-corrected chi connectivity index (χ2v) is 6.17. The largest absolute Gasteiger partial charge is 0.382 e. The molecule has 20 heavy (non-hydrogen) atoms. The molecule has 2 aliphatic heterocycles. The lowest BCUT2D eigenvalue weighted by Gasteiger charge is -2.19. The zero-order valence-electron chi connectivity index (χ0n) is 12.5. The first-order chi connectivity index (χ1) is 9.81. The summed E-state index contributed by atoms with van der Waals surface area (Å²) in [6.07, 6.45) is 5.89. The molecular formula is C17H26N2O. The van der Waals surface area contributed by atoms with Crippen LogP contribution >= 0.6 is 0 Å². The van der Waals surface area contributed by atoms with Crippen molar-refractivity contribution >= 4 is 5.69 Å². The van der Waals surface area contributed by atoms with Gasteiger partial charge in [-0.05, 0) is 57.3 Å². The Morgan fingerprint density at radius 3 is 2.75 bits per heavy atom. The van der Waals surface area contributed by atoms with Gasteiger partial charge in [-0.2, -0.15) is 0 Å². The van der Waals surface area contributed by atoms with Crippen LogP contribution in [0.15, 0.2) is 24.3 Å². The first-order valence-corrected chi connectivity index (χ1v) is 8.01. The molecule has 2 atom stereocenters. The van der Waals surface area contributed by atoms with Gasteiger partial charge in [0.2, 0.25) is 0 Å². The molecule has 2 saturated heterocycles. The lowest BCUT2D eigenvalue weighted by atomic mass is 10.1. The Morgan fingerprint density at radius 2 is 2.00 bits per heavy atom. The fraction of sp³-hybridized carbons (Fsp3) is 0.647. The summed E-state index contributed by atoms with van der Waals surface area (Å²) >= 11 is 0. The second-order valence-electron chi connectivity index (χ2n) is 6.17. The van der Waals surface area contributed by atoms with Crippen molar-refractivity contribution in [3.8, 4) is 0 Å². The molecule has 3 rings (SSSR count). The summed E-state index contributed by atoms with van der Waals surface area (Å²) in [4.78, 5) is 2.55. The van der Waals surface area contributed by atoms with Crippen LogP contribution in [0.2, 0.25) is 0 Å². The lowest BCUT2D eigenvalue weighted by Crippen LogP contribution is -2.22. The van der Waals surface area contributed by atoms with E-state index in [0.29, 0.717) is 12.2 Å². The lowest BCUT2D eigenvalue weighted by molar-refractivity contribution is 0.0637. The van der Waals surface area contributed by atoms with E-state index in [4.69, 9.17) is 4.74 Å². The van der Waals surface area contributed by atoms with Crippen LogP contribution < -0.4 is 5.32 Å². The highest BCUT2D eigenvalue weighted by atomic mass is 16.5. The molecule has 2 aliphatic rings. The summed E-state index contributed by atoms with van der Waals surface area (Å²) in [5.74, 6) is 0. The molecule has 2 fully saturated rings. The Bertz CT molecular complexity index is 429. The molecule has 0 aliphatic carbocycles. The predicted octanol–water partition coefficient (Wildman–Crippen LogP) is 3.26. The Kier molecular flexibility index (Phi) is 4.58. The number of rotatable bonds is 5. The maximum atomic E-state index is 5.88. The van der Waals surface area contributed by atoms with E-state index in [1.807, 2.05) is 0 Å². The standard InChI is InChI=1S/C17H26N2O/c1-14-8-9-16(20-14)12-18-17-7-3-2-6-15(17)13-19-10-4-5-11-19/h2-3,6-7,14,16,18H,4-5,8-13H2,1H3. The minimum Gasteiger partial charge on any atom is -0.382 e. The van der Waals surface area contributed by atoms with E-state index in [1.165, 1.54) is 50.0 Å². The van der Waals surface area contributed by atoms with E-state index in [1.54, 1.807) is 0 Å². The van der Waals surface area contributed by atoms with E-state index in [9.17, 15) is 0 Å². The smallest absolute Gasteiger partial charge is 0.0751 e. The van der Waals surface area contributed by atoms with Crippen LogP contribution in [0.3, 0.4) is 0 Å². The number of nitrogens with zero attached hydrogens (tertiary/aromatic N) is 1. The highest BCUT2D eigenvalue weighted by molar-refractivity contribution is 5.51. The Labute approximate surface area is 122 Å². The Hall–Kier alpha value is -1.06. The van der Waals surface area contributed by atoms with Crippen molar-refractivity contribution < 1.29 is 4.74 Å². The van der Waals surface area contributed by atoms with Gasteiger partial charge < -0.3 is 10.1 Å². The van der Waals surface area contributed by atoms with E-state index >= 15 is 0 Å². The van der Waals surface area contributed by atoms with Crippen LogP contribution in [0, 0.1) is 0 Å². The predicted molar refractivity (Wildman–Crippen MR) is 83.0 cm³/mol. The van der Waals surface area contributed by atoms with Crippen molar-refractivity contribution in [1.29, 1.82) is 0 Å². The van der Waals surface area contributed by atoms with Gasteiger partial charge in [-0.25, -0.2) is 0 Å². The topological polar surface area (TPSA) is 24.5 Å². The SMILES string of the molecule is CC1CCC(CNc2ccccc2CN2CCCC2)O1. The number of likely N-dealkylation sites (tertiary alicyclic amines) is 1. The minimum atomic E-state index is 0.379. The minimum absolute atomic E-state index is 0.379. The molecule has 1 N–H and O–H groups in total. The molecule has 0 radical (unpaired) electrons. The summed E-state index contributed by atoms with van der Waals surface area (Å²) in [5, 5.41) is 3.60. The summed E-state index contributed by atoms with van der Waals surface area (Å²) in [6, 6.07) is 8.71. The molecule has 3 heteroatoms. The summed E-state index contributed by atoms with van der Waals surface area (Å²) in [7, 11) is 0. The van der Waals surface area contributed by atoms with Gasteiger partial charge in [0.1, 0.15) is 0 Å². The van der Waals surface area contributed by atoms with Crippen LogP contribution in [-0.2, 0) is 11.3 Å². The maximum Gasteiger partial charge on any atom is 0.0751 e. The number of ether oxygens (including phenoxy) is 1. The number of para-hydroxylation sites is 1. The van der Waals surface area contributed by atoms with E-state index in [0.717, 1.165) is 13.1 Å². The van der Waals surface area contributed by atoms with Gasteiger partial charge in [0.15, 0.2) is 0 Å². The number of hydrogen-bond acceptors (Lipinski definition) is 3. The molecule has 0 bridgehead atoms. The van der Waals surface area contributed by atoms with Gasteiger partial charge in [0.05, 0.1) is 12.2 Å². The molecule has 110 valence electrons. The number of benzene rings is 1. The number of nitrogens with one attached hydrogen (secondary N) is 1. The third-order valence-electron chi connectivity index (χ3n) is 4.45. The zero-order chi connectivity index (χ0) is 13.8. The van der Waals surface area contributed by atoms with Crippen molar-refractivity contribution in [2.75, 3.05) is 25.0 Å². The summed E-state index contributed by atoms with van der Waals surface area (Å²) < 4.78 is 5.88. The molecule has 0 spiro atoms. The van der Waals surface area contributed by atoms with Crippen molar-refractivity contribution in [3.63, 3.8) is 0 Å². The van der Waals surface area contributed by atoms with Gasteiger partial charge >= 0.3 is 0 Å². The molecule has 1 aromatic carbocycles. The van der Waals surface area contributed by atoms with Gasteiger partial charge in [-0.1, -0.05) is 18.2 Å². The fourth-order valence-corrected chi connectivity index (χ4v) is 3.27. The third-order valence-corrected chi connectivity index (χ3v) is 4.45. The van der Waals surface area contributed by atoms with Gasteiger partial charge in [0.25, 0.3) is 0 Å². The van der Waals surface area contributed by atoms with E-state index < -0.39 is 0 Å². The molecule has 0 saturated carbocycles. The van der Waals surface area contributed by atoms with Crippen molar-refractivity contribution in [1.82, 2.24) is 4.90 Å². The van der Waals surface area contributed by atoms with E-state index in [-0.39, 0.29) is 0 Å². The van der Waals surface area contributed by atoms with Crippen molar-refractivity contribution in [2.45, 2.75) is 51.4 Å². The average molecular weight is 274 g/mol. The van der Waals surface area contributed by atoms with Crippen LogP contribution in [0.1, 0.15) is 38.2 Å². The quantitative estimate of drug-likeness (QED) is 0.892. The molecule has 3 nitrogen and oxygen atoms in total. The summed E-state index contributed by atoms with van der Waals surface area (Å²) in [6.45, 7) is 6.67. The second kappa shape index (κ2) is 6.59. The highest BCUT2D eigenvalue weighted by Crippen LogP contribution is 2.22. The number of hydrogen-bond donors (Lipinski definition) is 1. The monoisotopic (exact) mass is 274 g/mol.